The molecule has 0 spiro atoms. The molecule has 0 aliphatic heterocycles. The fourth-order valence-electron chi connectivity index (χ4n) is 1.14. The molecule has 0 aromatic carbocycles. The van der Waals surface area contributed by atoms with Gasteiger partial charge >= 0.3 is 5.97 Å². The van der Waals surface area contributed by atoms with Gasteiger partial charge in [-0.15, -0.1) is 0 Å². The SMILES string of the molecule is CCCS(=O)(=O)NC(C)C(=O)NCC(C)C(=O)O. The molecule has 0 bridgehead atoms. The summed E-state index contributed by atoms with van der Waals surface area (Å²) in [5.74, 6) is -2.32. The van der Waals surface area contributed by atoms with Crippen molar-refractivity contribution in [3.8, 4) is 0 Å². The van der Waals surface area contributed by atoms with E-state index in [1.165, 1.54) is 13.8 Å². The molecular weight excluding hydrogens is 260 g/mol. The molecule has 18 heavy (non-hydrogen) atoms. The maximum Gasteiger partial charge on any atom is 0.308 e. The van der Waals surface area contributed by atoms with Crippen molar-refractivity contribution in [2.75, 3.05) is 12.3 Å². The second-order valence-corrected chi connectivity index (χ2v) is 6.02. The van der Waals surface area contributed by atoms with E-state index in [9.17, 15) is 18.0 Å². The molecule has 0 aromatic rings. The minimum absolute atomic E-state index is 0.0337. The first-order chi connectivity index (χ1) is 8.19. The highest BCUT2D eigenvalue weighted by molar-refractivity contribution is 7.89. The van der Waals surface area contributed by atoms with Gasteiger partial charge in [0.2, 0.25) is 15.9 Å². The number of aliphatic carboxylic acids is 1. The van der Waals surface area contributed by atoms with E-state index in [4.69, 9.17) is 5.11 Å². The van der Waals surface area contributed by atoms with E-state index in [0.717, 1.165) is 0 Å². The van der Waals surface area contributed by atoms with Gasteiger partial charge in [-0.05, 0) is 13.3 Å². The Hall–Kier alpha value is -1.15. The predicted molar refractivity (Wildman–Crippen MR) is 66.5 cm³/mol. The molecule has 2 unspecified atom stereocenters. The van der Waals surface area contributed by atoms with Gasteiger partial charge in [0.15, 0.2) is 0 Å². The molecular formula is C10H20N2O5S. The van der Waals surface area contributed by atoms with E-state index >= 15 is 0 Å². The van der Waals surface area contributed by atoms with Crippen LogP contribution in [-0.4, -0.2) is 43.7 Å². The molecule has 0 saturated carbocycles. The summed E-state index contributed by atoms with van der Waals surface area (Å²) in [6.45, 7) is 4.55. The van der Waals surface area contributed by atoms with Crippen LogP contribution in [0.15, 0.2) is 0 Å². The highest BCUT2D eigenvalue weighted by Gasteiger charge is 2.20. The summed E-state index contributed by atoms with van der Waals surface area (Å²) in [5.41, 5.74) is 0. The van der Waals surface area contributed by atoms with Gasteiger partial charge < -0.3 is 10.4 Å². The zero-order chi connectivity index (χ0) is 14.3. The maximum absolute atomic E-state index is 11.5. The molecule has 0 aliphatic carbocycles. The summed E-state index contributed by atoms with van der Waals surface area (Å²) in [6, 6.07) is -0.914. The van der Waals surface area contributed by atoms with Gasteiger partial charge in [-0.2, -0.15) is 0 Å². The lowest BCUT2D eigenvalue weighted by Crippen LogP contribution is -2.46. The Balaban J connectivity index is 4.24. The van der Waals surface area contributed by atoms with Crippen LogP contribution in [0.1, 0.15) is 27.2 Å². The molecule has 0 aromatic heterocycles. The predicted octanol–water partition coefficient (Wildman–Crippen LogP) is -0.459. The Morgan fingerprint density at radius 3 is 2.28 bits per heavy atom. The van der Waals surface area contributed by atoms with Gasteiger partial charge in [0.25, 0.3) is 0 Å². The summed E-state index contributed by atoms with van der Waals surface area (Å²) in [5, 5.41) is 11.0. The van der Waals surface area contributed by atoms with Crippen LogP contribution in [0, 0.1) is 5.92 Å². The highest BCUT2D eigenvalue weighted by Crippen LogP contribution is 1.95. The molecule has 2 atom stereocenters. The van der Waals surface area contributed by atoms with Crippen molar-refractivity contribution in [3.05, 3.63) is 0 Å². The normalized spacial score (nSPS) is 14.8. The fraction of sp³-hybridized carbons (Fsp3) is 0.800. The van der Waals surface area contributed by atoms with Gasteiger partial charge in [-0.3, -0.25) is 9.59 Å². The smallest absolute Gasteiger partial charge is 0.308 e. The van der Waals surface area contributed by atoms with E-state index in [2.05, 4.69) is 10.0 Å². The number of carboxylic acid groups (broad SMARTS) is 1. The highest BCUT2D eigenvalue weighted by atomic mass is 32.2. The third kappa shape index (κ3) is 6.55. The number of carboxylic acids is 1. The summed E-state index contributed by atoms with van der Waals surface area (Å²) in [6.07, 6.45) is 0.458. The van der Waals surface area contributed by atoms with Gasteiger partial charge in [0, 0.05) is 6.54 Å². The standard InChI is InChI=1S/C10H20N2O5S/c1-4-5-18(16,17)12-8(3)9(13)11-6-7(2)10(14)15/h7-8,12H,4-6H2,1-3H3,(H,11,13)(H,14,15). The summed E-state index contributed by atoms with van der Waals surface area (Å²) in [4.78, 5) is 22.1. The zero-order valence-corrected chi connectivity index (χ0v) is 11.6. The molecule has 0 saturated heterocycles. The molecule has 1 amide bonds. The number of rotatable bonds is 8. The first-order valence-corrected chi connectivity index (χ1v) is 7.35. The number of carbonyl (C=O) groups excluding carboxylic acids is 1. The van der Waals surface area contributed by atoms with Crippen molar-refractivity contribution in [1.82, 2.24) is 10.0 Å². The third-order valence-corrected chi connectivity index (χ3v) is 3.88. The molecule has 106 valence electrons. The van der Waals surface area contributed by atoms with E-state index in [-0.39, 0.29) is 12.3 Å². The average molecular weight is 280 g/mol. The van der Waals surface area contributed by atoms with E-state index in [1.54, 1.807) is 6.92 Å². The van der Waals surface area contributed by atoms with Crippen LogP contribution in [0.3, 0.4) is 0 Å². The van der Waals surface area contributed by atoms with Crippen molar-refractivity contribution in [2.45, 2.75) is 33.2 Å². The second kappa shape index (κ2) is 7.32. The van der Waals surface area contributed by atoms with Crippen molar-refractivity contribution >= 4 is 21.9 Å². The van der Waals surface area contributed by atoms with Crippen LogP contribution in [0.25, 0.3) is 0 Å². The van der Waals surface area contributed by atoms with Crippen LogP contribution in [0.2, 0.25) is 0 Å². The van der Waals surface area contributed by atoms with Gasteiger partial charge in [-0.25, -0.2) is 13.1 Å². The largest absolute Gasteiger partial charge is 0.481 e. The number of amides is 1. The van der Waals surface area contributed by atoms with Crippen LogP contribution >= 0.6 is 0 Å². The van der Waals surface area contributed by atoms with Crippen molar-refractivity contribution in [3.63, 3.8) is 0 Å². The van der Waals surface area contributed by atoms with E-state index in [1.807, 2.05) is 0 Å². The molecule has 7 nitrogen and oxygen atoms in total. The lowest BCUT2D eigenvalue weighted by molar-refractivity contribution is -0.141. The number of carbonyl (C=O) groups is 2. The molecule has 0 aliphatic rings. The summed E-state index contributed by atoms with van der Waals surface area (Å²) >= 11 is 0. The van der Waals surface area contributed by atoms with Crippen LogP contribution in [0.4, 0.5) is 0 Å². The number of hydrogen-bond donors (Lipinski definition) is 3. The van der Waals surface area contributed by atoms with Crippen molar-refractivity contribution in [1.29, 1.82) is 0 Å². The van der Waals surface area contributed by atoms with Crippen LogP contribution in [0.5, 0.6) is 0 Å². The van der Waals surface area contributed by atoms with E-state index in [0.29, 0.717) is 6.42 Å². The molecule has 0 radical (unpaired) electrons. The molecule has 0 heterocycles. The maximum atomic E-state index is 11.5. The Morgan fingerprint density at radius 1 is 1.28 bits per heavy atom. The van der Waals surface area contributed by atoms with Crippen LogP contribution in [-0.2, 0) is 19.6 Å². The Kier molecular flexibility index (Phi) is 6.85. The lowest BCUT2D eigenvalue weighted by atomic mass is 10.2. The first-order valence-electron chi connectivity index (χ1n) is 5.70. The minimum atomic E-state index is -3.46. The topological polar surface area (TPSA) is 113 Å². The average Bonchev–Trinajstić information content (AvgIpc) is 2.24. The molecule has 3 N–H and O–H groups in total. The molecule has 0 fully saturated rings. The molecule has 8 heteroatoms. The number of hydrogen-bond acceptors (Lipinski definition) is 4. The Bertz CT molecular complexity index is 393. The quantitative estimate of drug-likeness (QED) is 0.557. The van der Waals surface area contributed by atoms with Gasteiger partial charge in [-0.1, -0.05) is 13.8 Å². The fourth-order valence-corrected chi connectivity index (χ4v) is 2.45. The monoisotopic (exact) mass is 280 g/mol. The van der Waals surface area contributed by atoms with Crippen molar-refractivity contribution < 1.29 is 23.1 Å². The number of nitrogens with one attached hydrogen (secondary N) is 2. The molecule has 0 rings (SSSR count). The van der Waals surface area contributed by atoms with Crippen molar-refractivity contribution in [2.24, 2.45) is 5.92 Å². The van der Waals surface area contributed by atoms with Gasteiger partial charge in [0.05, 0.1) is 17.7 Å². The zero-order valence-electron chi connectivity index (χ0n) is 10.8. The Labute approximate surface area is 107 Å². The minimum Gasteiger partial charge on any atom is -0.481 e. The summed E-state index contributed by atoms with van der Waals surface area (Å²) in [7, 11) is -3.46. The second-order valence-electron chi connectivity index (χ2n) is 4.14. The Morgan fingerprint density at radius 2 is 1.83 bits per heavy atom. The van der Waals surface area contributed by atoms with Gasteiger partial charge in [0.1, 0.15) is 0 Å². The number of sulfonamides is 1. The third-order valence-electron chi connectivity index (χ3n) is 2.23. The van der Waals surface area contributed by atoms with E-state index < -0.39 is 33.9 Å². The first kappa shape index (κ1) is 16.9. The summed E-state index contributed by atoms with van der Waals surface area (Å²) < 4.78 is 25.0. The lowest BCUT2D eigenvalue weighted by Gasteiger charge is -2.15. The van der Waals surface area contributed by atoms with Crippen LogP contribution < -0.4 is 10.0 Å².